The van der Waals surface area contributed by atoms with Crippen molar-refractivity contribution in [3.8, 4) is 5.88 Å². The number of ketones is 1. The molecule has 1 aliphatic rings. The molecule has 0 radical (unpaired) electrons. The first kappa shape index (κ1) is 18.4. The fraction of sp³-hybridized carbons (Fsp3) is 0.316. The van der Waals surface area contributed by atoms with Crippen molar-refractivity contribution >= 4 is 23.3 Å². The minimum atomic E-state index is -1.05. The number of benzene rings is 1. The molecule has 2 N–H and O–H groups in total. The van der Waals surface area contributed by atoms with Gasteiger partial charge < -0.3 is 15.2 Å². The van der Waals surface area contributed by atoms with Gasteiger partial charge in [-0.05, 0) is 39.0 Å². The second kappa shape index (κ2) is 6.70. The van der Waals surface area contributed by atoms with Crippen molar-refractivity contribution in [3.63, 3.8) is 0 Å². The van der Waals surface area contributed by atoms with Crippen molar-refractivity contribution in [3.05, 3.63) is 58.2 Å². The van der Waals surface area contributed by atoms with Gasteiger partial charge in [-0.15, -0.1) is 0 Å². The van der Waals surface area contributed by atoms with Crippen molar-refractivity contribution in [2.45, 2.75) is 38.5 Å². The number of ether oxygens (including phenoxy) is 1. The highest BCUT2D eigenvalue weighted by molar-refractivity contribution is 6.33. The van der Waals surface area contributed by atoms with Gasteiger partial charge >= 0.3 is 0 Å². The molecular formula is C19H19ClN2O4. The molecule has 1 amide bonds. The minimum absolute atomic E-state index is 0.171. The number of hydrogen-bond donors (Lipinski definition) is 2. The third-order valence-electron chi connectivity index (χ3n) is 4.41. The number of nitrogens with one attached hydrogen (secondary N) is 1. The Balaban J connectivity index is 2.02. The van der Waals surface area contributed by atoms with E-state index in [1.54, 1.807) is 44.2 Å². The van der Waals surface area contributed by atoms with Crippen LogP contribution in [0.1, 0.15) is 53.1 Å². The van der Waals surface area contributed by atoms with Gasteiger partial charge in [0.05, 0.1) is 16.6 Å². The van der Waals surface area contributed by atoms with Crippen LogP contribution in [0.2, 0.25) is 5.02 Å². The quantitative estimate of drug-likeness (QED) is 0.806. The van der Waals surface area contributed by atoms with Crippen molar-refractivity contribution in [2.75, 3.05) is 0 Å². The van der Waals surface area contributed by atoms with Crippen molar-refractivity contribution in [1.29, 1.82) is 0 Å². The van der Waals surface area contributed by atoms with E-state index in [4.69, 9.17) is 16.3 Å². The van der Waals surface area contributed by atoms with E-state index in [0.717, 1.165) is 0 Å². The van der Waals surface area contributed by atoms with Crippen molar-refractivity contribution in [2.24, 2.45) is 0 Å². The van der Waals surface area contributed by atoms with E-state index >= 15 is 0 Å². The van der Waals surface area contributed by atoms with Crippen LogP contribution < -0.4 is 10.1 Å². The van der Waals surface area contributed by atoms with E-state index in [1.165, 1.54) is 13.1 Å². The van der Waals surface area contributed by atoms with E-state index in [9.17, 15) is 14.7 Å². The summed E-state index contributed by atoms with van der Waals surface area (Å²) < 4.78 is 5.76. The summed E-state index contributed by atoms with van der Waals surface area (Å²) in [7, 11) is 0. The number of Topliss-reactive ketones (excluding diaryl/α,β-unsaturated/α-hetero) is 1. The molecule has 1 aliphatic heterocycles. The van der Waals surface area contributed by atoms with Gasteiger partial charge in [-0.25, -0.2) is 4.98 Å². The predicted octanol–water partition coefficient (Wildman–Crippen LogP) is 2.94. The van der Waals surface area contributed by atoms with E-state index in [-0.39, 0.29) is 11.7 Å². The number of aromatic nitrogens is 1. The molecule has 0 bridgehead atoms. The molecule has 2 atom stereocenters. The largest absolute Gasteiger partial charge is 0.469 e. The van der Waals surface area contributed by atoms with Gasteiger partial charge in [0.25, 0.3) is 5.91 Å². The van der Waals surface area contributed by atoms with Gasteiger partial charge in [0, 0.05) is 17.3 Å². The van der Waals surface area contributed by atoms with E-state index in [1.807, 2.05) is 0 Å². The minimum Gasteiger partial charge on any atom is -0.469 e. The Hall–Kier alpha value is -2.44. The monoisotopic (exact) mass is 374 g/mol. The van der Waals surface area contributed by atoms with Gasteiger partial charge in [0.2, 0.25) is 5.88 Å². The normalized spacial score (nSPS) is 20.7. The van der Waals surface area contributed by atoms with Crippen LogP contribution in [0.25, 0.3) is 0 Å². The molecule has 0 spiro atoms. The molecule has 1 aromatic heterocycles. The van der Waals surface area contributed by atoms with Gasteiger partial charge in [0.15, 0.2) is 5.78 Å². The summed E-state index contributed by atoms with van der Waals surface area (Å²) in [6.07, 6.45) is 0.368. The van der Waals surface area contributed by atoms with Gasteiger partial charge in [0.1, 0.15) is 11.7 Å². The Kier molecular flexibility index (Phi) is 4.73. The number of pyridine rings is 1. The summed E-state index contributed by atoms with van der Waals surface area (Å²) in [5.74, 6) is -0.331. The third-order valence-corrected chi connectivity index (χ3v) is 4.74. The SMILES string of the molecule is CC(=O)c1cnc2c(c1)[C@H](NC(=O)c1ccccc1Cl)[C@@H](O)C(C)(C)O2. The van der Waals surface area contributed by atoms with Crippen molar-refractivity contribution in [1.82, 2.24) is 10.3 Å². The van der Waals surface area contributed by atoms with E-state index in [0.29, 0.717) is 21.7 Å². The molecule has 0 aliphatic carbocycles. The molecule has 0 unspecified atom stereocenters. The van der Waals surface area contributed by atoms with Gasteiger partial charge in [-0.2, -0.15) is 0 Å². The van der Waals surface area contributed by atoms with Crippen LogP contribution in [-0.2, 0) is 0 Å². The molecule has 0 saturated heterocycles. The second-order valence-corrected chi connectivity index (χ2v) is 7.16. The lowest BCUT2D eigenvalue weighted by Gasteiger charge is -2.41. The molecule has 0 saturated carbocycles. The highest BCUT2D eigenvalue weighted by Crippen LogP contribution is 2.39. The van der Waals surface area contributed by atoms with Crippen LogP contribution in [0.5, 0.6) is 5.88 Å². The molecule has 2 aromatic rings. The zero-order valence-electron chi connectivity index (χ0n) is 14.6. The zero-order chi connectivity index (χ0) is 19.1. The number of carbonyl (C=O) groups excluding carboxylic acids is 2. The smallest absolute Gasteiger partial charge is 0.253 e. The molecule has 3 rings (SSSR count). The maximum atomic E-state index is 12.7. The van der Waals surface area contributed by atoms with Crippen molar-refractivity contribution < 1.29 is 19.4 Å². The topological polar surface area (TPSA) is 88.5 Å². The van der Waals surface area contributed by atoms with Crippen LogP contribution in [0.3, 0.4) is 0 Å². The van der Waals surface area contributed by atoms with E-state index < -0.39 is 23.7 Å². The average molecular weight is 375 g/mol. The Morgan fingerprint density at radius 3 is 2.65 bits per heavy atom. The number of halogens is 1. The Morgan fingerprint density at radius 2 is 2.00 bits per heavy atom. The first-order valence-corrected chi connectivity index (χ1v) is 8.52. The van der Waals surface area contributed by atoms with Crippen LogP contribution in [0, 0.1) is 0 Å². The molecule has 7 heteroatoms. The molecule has 26 heavy (non-hydrogen) atoms. The fourth-order valence-corrected chi connectivity index (χ4v) is 3.09. The maximum Gasteiger partial charge on any atom is 0.253 e. The van der Waals surface area contributed by atoms with Gasteiger partial charge in [-0.1, -0.05) is 23.7 Å². The van der Waals surface area contributed by atoms with E-state index in [2.05, 4.69) is 10.3 Å². The molecular weight excluding hydrogens is 356 g/mol. The third kappa shape index (κ3) is 3.30. The number of aliphatic hydroxyl groups is 1. The summed E-state index contributed by atoms with van der Waals surface area (Å²) in [4.78, 5) is 28.6. The first-order valence-electron chi connectivity index (χ1n) is 8.14. The zero-order valence-corrected chi connectivity index (χ0v) is 15.4. The molecule has 2 heterocycles. The second-order valence-electron chi connectivity index (χ2n) is 6.76. The summed E-state index contributed by atoms with van der Waals surface area (Å²) >= 11 is 6.09. The predicted molar refractivity (Wildman–Crippen MR) is 96.6 cm³/mol. The van der Waals surface area contributed by atoms with Crippen LogP contribution in [-0.4, -0.2) is 33.5 Å². The van der Waals surface area contributed by atoms with Crippen LogP contribution in [0.4, 0.5) is 0 Å². The summed E-state index contributed by atoms with van der Waals surface area (Å²) in [5.41, 5.74) is 0.139. The van der Waals surface area contributed by atoms with Crippen LogP contribution >= 0.6 is 11.6 Å². The molecule has 6 nitrogen and oxygen atoms in total. The summed E-state index contributed by atoms with van der Waals surface area (Å²) in [6.45, 7) is 4.83. The number of fused-ring (bicyclic) bond motifs is 1. The lowest BCUT2D eigenvalue weighted by atomic mass is 9.87. The average Bonchev–Trinajstić information content (AvgIpc) is 2.58. The first-order chi connectivity index (χ1) is 12.2. The number of carbonyl (C=O) groups is 2. The lowest BCUT2D eigenvalue weighted by molar-refractivity contribution is -0.0656. The maximum absolute atomic E-state index is 12.7. The summed E-state index contributed by atoms with van der Waals surface area (Å²) in [6, 6.07) is 7.42. The Labute approximate surface area is 156 Å². The highest BCUT2D eigenvalue weighted by atomic mass is 35.5. The number of amides is 1. The standard InChI is InChI=1S/C19H19ClN2O4/c1-10(23)11-8-13-15(16(24)19(2,3)26-18(13)21-9-11)22-17(25)12-6-4-5-7-14(12)20/h4-9,15-16,24H,1-3H3,(H,22,25)/t15-,16+/m0/s1. The number of nitrogens with zero attached hydrogens (tertiary/aromatic N) is 1. The number of rotatable bonds is 3. The molecule has 1 aromatic carbocycles. The fourth-order valence-electron chi connectivity index (χ4n) is 2.87. The van der Waals surface area contributed by atoms with Gasteiger partial charge in [-0.3, -0.25) is 9.59 Å². The highest BCUT2D eigenvalue weighted by Gasteiger charge is 2.44. The number of aliphatic hydroxyl groups excluding tert-OH is 1. The van der Waals surface area contributed by atoms with Crippen LogP contribution in [0.15, 0.2) is 36.5 Å². The summed E-state index contributed by atoms with van der Waals surface area (Å²) in [5, 5.41) is 13.9. The lowest BCUT2D eigenvalue weighted by Crippen LogP contribution is -2.53. The number of hydrogen-bond acceptors (Lipinski definition) is 5. The molecule has 136 valence electrons. The Morgan fingerprint density at radius 1 is 1.31 bits per heavy atom. The Bertz CT molecular complexity index is 882. The molecule has 0 fully saturated rings.